The molecule has 0 fully saturated rings. The summed E-state index contributed by atoms with van der Waals surface area (Å²) < 4.78 is 31.7. The fourth-order valence-electron chi connectivity index (χ4n) is 2.64. The Kier molecular flexibility index (Phi) is 7.38. The van der Waals surface area contributed by atoms with Crippen LogP contribution < -0.4 is 10.1 Å². The summed E-state index contributed by atoms with van der Waals surface area (Å²) in [5, 5.41) is 2.80. The number of ether oxygens (including phenoxy) is 1. The molecule has 27 heavy (non-hydrogen) atoms. The van der Waals surface area contributed by atoms with Crippen molar-refractivity contribution < 1.29 is 17.9 Å². The highest BCUT2D eigenvalue weighted by molar-refractivity contribution is 7.89. The van der Waals surface area contributed by atoms with Crippen molar-refractivity contribution in [1.29, 1.82) is 0 Å². The van der Waals surface area contributed by atoms with Gasteiger partial charge in [0.1, 0.15) is 5.75 Å². The van der Waals surface area contributed by atoms with Gasteiger partial charge in [-0.05, 0) is 36.8 Å². The highest BCUT2D eigenvalue weighted by Crippen LogP contribution is 2.19. The van der Waals surface area contributed by atoms with Crippen LogP contribution in [0.5, 0.6) is 5.75 Å². The van der Waals surface area contributed by atoms with Gasteiger partial charge in [0.25, 0.3) is 5.91 Å². The summed E-state index contributed by atoms with van der Waals surface area (Å²) in [7, 11) is -3.49. The number of amides is 1. The topological polar surface area (TPSA) is 75.7 Å². The number of nitrogens with zero attached hydrogens (tertiary/aromatic N) is 1. The lowest BCUT2D eigenvalue weighted by molar-refractivity contribution is -0.123. The summed E-state index contributed by atoms with van der Waals surface area (Å²) in [6.45, 7) is 6.73. The van der Waals surface area contributed by atoms with Crippen molar-refractivity contribution in [3.05, 3.63) is 59.7 Å². The van der Waals surface area contributed by atoms with Crippen molar-refractivity contribution in [2.24, 2.45) is 0 Å². The molecule has 1 amide bonds. The maximum Gasteiger partial charge on any atom is 0.258 e. The van der Waals surface area contributed by atoms with Crippen LogP contribution in [0.1, 0.15) is 25.0 Å². The number of benzene rings is 2. The molecule has 2 aromatic rings. The van der Waals surface area contributed by atoms with Gasteiger partial charge in [-0.3, -0.25) is 4.79 Å². The van der Waals surface area contributed by atoms with Crippen LogP contribution >= 0.6 is 0 Å². The van der Waals surface area contributed by atoms with Gasteiger partial charge in [0.15, 0.2) is 6.61 Å². The molecule has 6 nitrogen and oxygen atoms in total. The van der Waals surface area contributed by atoms with E-state index in [0.29, 0.717) is 25.4 Å². The van der Waals surface area contributed by atoms with Gasteiger partial charge in [-0.1, -0.05) is 43.7 Å². The highest BCUT2D eigenvalue weighted by atomic mass is 32.2. The van der Waals surface area contributed by atoms with E-state index in [4.69, 9.17) is 4.74 Å². The van der Waals surface area contributed by atoms with E-state index in [2.05, 4.69) is 5.32 Å². The Morgan fingerprint density at radius 1 is 1.07 bits per heavy atom. The Morgan fingerprint density at radius 3 is 2.33 bits per heavy atom. The lowest BCUT2D eigenvalue weighted by Crippen LogP contribution is -2.30. The molecular weight excluding hydrogens is 364 g/mol. The van der Waals surface area contributed by atoms with Crippen LogP contribution in [0.15, 0.2) is 53.4 Å². The van der Waals surface area contributed by atoms with E-state index in [1.807, 2.05) is 31.2 Å². The number of carbonyl (C=O) groups excluding carboxylic acids is 1. The minimum Gasteiger partial charge on any atom is -0.484 e. The molecule has 0 radical (unpaired) electrons. The molecule has 0 aliphatic rings. The van der Waals surface area contributed by atoms with E-state index < -0.39 is 10.0 Å². The predicted octanol–water partition coefficient (Wildman–Crippen LogP) is 2.72. The molecule has 0 aromatic heterocycles. The summed E-state index contributed by atoms with van der Waals surface area (Å²) in [6.07, 6.45) is 0. The van der Waals surface area contributed by atoms with Gasteiger partial charge in [0.05, 0.1) is 4.90 Å². The van der Waals surface area contributed by atoms with Crippen LogP contribution in [0, 0.1) is 6.92 Å². The van der Waals surface area contributed by atoms with Crippen LogP contribution in [0.2, 0.25) is 0 Å². The van der Waals surface area contributed by atoms with Gasteiger partial charge < -0.3 is 10.1 Å². The number of aryl methyl sites for hydroxylation is 1. The van der Waals surface area contributed by atoms with Crippen LogP contribution in [0.25, 0.3) is 0 Å². The fraction of sp³-hybridized carbons (Fsp3) is 0.350. The summed E-state index contributed by atoms with van der Waals surface area (Å²) in [5.74, 6) is 0.204. The monoisotopic (exact) mass is 390 g/mol. The molecular formula is C20H26N2O4S. The number of sulfonamides is 1. The number of hydrogen-bond acceptors (Lipinski definition) is 4. The average molecular weight is 391 g/mol. The van der Waals surface area contributed by atoms with Crippen molar-refractivity contribution in [3.8, 4) is 5.75 Å². The molecule has 1 N–H and O–H groups in total. The fourth-order valence-corrected chi connectivity index (χ4v) is 4.10. The lowest BCUT2D eigenvalue weighted by Gasteiger charge is -2.18. The quantitative estimate of drug-likeness (QED) is 0.714. The third-order valence-electron chi connectivity index (χ3n) is 4.11. The van der Waals surface area contributed by atoms with Gasteiger partial charge in [-0.2, -0.15) is 4.31 Å². The highest BCUT2D eigenvalue weighted by Gasteiger charge is 2.21. The van der Waals surface area contributed by atoms with Crippen molar-refractivity contribution in [1.82, 2.24) is 9.62 Å². The number of hydrogen-bond donors (Lipinski definition) is 1. The second-order valence-corrected chi connectivity index (χ2v) is 8.05. The molecule has 0 heterocycles. The second kappa shape index (κ2) is 9.53. The molecule has 0 aliphatic heterocycles. The Hall–Kier alpha value is -2.38. The summed E-state index contributed by atoms with van der Waals surface area (Å²) >= 11 is 0. The Balaban J connectivity index is 1.88. The van der Waals surface area contributed by atoms with Crippen molar-refractivity contribution in [2.75, 3.05) is 19.7 Å². The molecule has 0 bridgehead atoms. The number of nitrogens with one attached hydrogen (secondary N) is 1. The van der Waals surface area contributed by atoms with Crippen LogP contribution in [0.4, 0.5) is 0 Å². The molecule has 0 aliphatic carbocycles. The molecule has 0 unspecified atom stereocenters. The molecule has 0 saturated heterocycles. The molecule has 0 saturated carbocycles. The Labute approximate surface area is 161 Å². The molecule has 0 atom stereocenters. The van der Waals surface area contributed by atoms with Gasteiger partial charge in [-0.15, -0.1) is 0 Å². The molecule has 7 heteroatoms. The molecule has 146 valence electrons. The van der Waals surface area contributed by atoms with Crippen molar-refractivity contribution >= 4 is 15.9 Å². The van der Waals surface area contributed by atoms with Gasteiger partial charge in [0.2, 0.25) is 10.0 Å². The van der Waals surface area contributed by atoms with E-state index in [9.17, 15) is 13.2 Å². The van der Waals surface area contributed by atoms with Crippen LogP contribution in [-0.4, -0.2) is 38.3 Å². The zero-order valence-corrected chi connectivity index (χ0v) is 16.8. The third kappa shape index (κ3) is 5.80. The SMILES string of the molecule is CCN(CC)S(=O)(=O)c1ccc(OCC(=O)NCc2cccc(C)c2)cc1. The van der Waals surface area contributed by atoms with Crippen LogP contribution in [0.3, 0.4) is 0 Å². The zero-order valence-electron chi connectivity index (χ0n) is 15.9. The molecule has 2 aromatic carbocycles. The average Bonchev–Trinajstić information content (AvgIpc) is 2.66. The first-order valence-electron chi connectivity index (χ1n) is 8.92. The predicted molar refractivity (Wildman–Crippen MR) is 105 cm³/mol. The van der Waals surface area contributed by atoms with Gasteiger partial charge in [-0.25, -0.2) is 8.42 Å². The first-order chi connectivity index (χ1) is 12.9. The smallest absolute Gasteiger partial charge is 0.258 e. The summed E-state index contributed by atoms with van der Waals surface area (Å²) in [4.78, 5) is 12.1. The first kappa shape index (κ1) is 20.9. The van der Waals surface area contributed by atoms with Gasteiger partial charge in [0, 0.05) is 19.6 Å². The zero-order chi connectivity index (χ0) is 19.9. The summed E-state index contributed by atoms with van der Waals surface area (Å²) in [6, 6.07) is 14.0. The van der Waals surface area contributed by atoms with E-state index in [1.54, 1.807) is 26.0 Å². The summed E-state index contributed by atoms with van der Waals surface area (Å²) in [5.41, 5.74) is 2.16. The normalized spacial score (nSPS) is 11.4. The van der Waals surface area contributed by atoms with Crippen molar-refractivity contribution in [2.45, 2.75) is 32.2 Å². The number of carbonyl (C=O) groups is 1. The Bertz CT molecular complexity index is 860. The lowest BCUT2D eigenvalue weighted by atomic mass is 10.1. The van der Waals surface area contributed by atoms with Crippen molar-refractivity contribution in [3.63, 3.8) is 0 Å². The van der Waals surface area contributed by atoms with E-state index in [-0.39, 0.29) is 17.4 Å². The van der Waals surface area contributed by atoms with E-state index in [0.717, 1.165) is 11.1 Å². The van der Waals surface area contributed by atoms with E-state index in [1.165, 1.54) is 16.4 Å². The van der Waals surface area contributed by atoms with E-state index >= 15 is 0 Å². The third-order valence-corrected chi connectivity index (χ3v) is 6.17. The Morgan fingerprint density at radius 2 is 1.74 bits per heavy atom. The number of rotatable bonds is 9. The standard InChI is InChI=1S/C20H26N2O4S/c1-4-22(5-2)27(24,25)19-11-9-18(10-12-19)26-15-20(23)21-14-17-8-6-7-16(3)13-17/h6-13H,4-5,14-15H2,1-3H3,(H,21,23). The minimum atomic E-state index is -3.49. The second-order valence-electron chi connectivity index (χ2n) is 6.12. The largest absolute Gasteiger partial charge is 0.484 e. The maximum atomic E-state index is 12.4. The maximum absolute atomic E-state index is 12.4. The van der Waals surface area contributed by atoms with Gasteiger partial charge >= 0.3 is 0 Å². The molecule has 0 spiro atoms. The molecule has 2 rings (SSSR count). The minimum absolute atomic E-state index is 0.131. The van der Waals surface area contributed by atoms with Crippen LogP contribution in [-0.2, 0) is 21.4 Å². The first-order valence-corrected chi connectivity index (χ1v) is 10.4.